The fourth-order valence-electron chi connectivity index (χ4n) is 2.77. The van der Waals surface area contributed by atoms with Crippen LogP contribution in [0.1, 0.15) is 5.69 Å². The van der Waals surface area contributed by atoms with Crippen molar-refractivity contribution < 1.29 is 9.18 Å². The minimum Gasteiger partial charge on any atom is -0.325 e. The number of amides is 1. The van der Waals surface area contributed by atoms with Crippen molar-refractivity contribution in [3.8, 4) is 21.1 Å². The maximum absolute atomic E-state index is 13.5. The summed E-state index contributed by atoms with van der Waals surface area (Å²) in [6.45, 7) is 1.95. The van der Waals surface area contributed by atoms with E-state index >= 15 is 0 Å². The number of rotatable bonds is 6. The first kappa shape index (κ1) is 21.4. The number of benzene rings is 2. The van der Waals surface area contributed by atoms with Crippen molar-refractivity contribution in [2.24, 2.45) is 0 Å². The molecule has 0 radical (unpaired) electrons. The van der Waals surface area contributed by atoms with Crippen LogP contribution in [0.5, 0.6) is 0 Å². The van der Waals surface area contributed by atoms with E-state index in [2.05, 4.69) is 20.5 Å². The van der Waals surface area contributed by atoms with Gasteiger partial charge in [-0.25, -0.2) is 9.37 Å². The standard InChI is InChI=1S/C22H16ClFN4OS2/c1-13-21(31-22(25-13)14-5-3-2-4-6-14)18-9-10-20(28-27-18)30-12-19(29)26-15-7-8-16(23)17(24)11-15/h2-11H,12H2,1H3,(H,26,29). The first-order valence-electron chi connectivity index (χ1n) is 9.24. The van der Waals surface area contributed by atoms with Gasteiger partial charge in [0.25, 0.3) is 0 Å². The molecule has 0 saturated heterocycles. The van der Waals surface area contributed by atoms with E-state index in [0.717, 1.165) is 26.8 Å². The largest absolute Gasteiger partial charge is 0.325 e. The normalized spacial score (nSPS) is 10.8. The summed E-state index contributed by atoms with van der Waals surface area (Å²) in [7, 11) is 0. The number of carbonyl (C=O) groups excluding carboxylic acids is 1. The Kier molecular flexibility index (Phi) is 6.60. The molecule has 0 spiro atoms. The number of anilines is 1. The average Bonchev–Trinajstić information content (AvgIpc) is 3.17. The van der Waals surface area contributed by atoms with Crippen LogP contribution in [-0.4, -0.2) is 26.8 Å². The molecular formula is C22H16ClFN4OS2. The second-order valence-corrected chi connectivity index (χ2v) is 8.92. The van der Waals surface area contributed by atoms with Crippen molar-refractivity contribution in [3.05, 3.63) is 77.2 Å². The van der Waals surface area contributed by atoms with E-state index < -0.39 is 5.82 Å². The molecule has 31 heavy (non-hydrogen) atoms. The van der Waals surface area contributed by atoms with Gasteiger partial charge in [-0.3, -0.25) is 4.79 Å². The highest BCUT2D eigenvalue weighted by Crippen LogP contribution is 2.34. The summed E-state index contributed by atoms with van der Waals surface area (Å²) >= 11 is 8.46. The zero-order chi connectivity index (χ0) is 21.8. The average molecular weight is 471 g/mol. The summed E-state index contributed by atoms with van der Waals surface area (Å²) in [5, 5.41) is 12.7. The fraction of sp³-hybridized carbons (Fsp3) is 0.0909. The number of nitrogens with zero attached hydrogens (tertiary/aromatic N) is 3. The molecule has 2 aromatic carbocycles. The van der Waals surface area contributed by atoms with Gasteiger partial charge in [-0.1, -0.05) is 53.7 Å². The predicted octanol–water partition coefficient (Wildman–Crippen LogP) is 6.10. The lowest BCUT2D eigenvalue weighted by molar-refractivity contribution is -0.113. The summed E-state index contributed by atoms with van der Waals surface area (Å²) in [5.74, 6) is -0.735. The molecule has 0 aliphatic carbocycles. The summed E-state index contributed by atoms with van der Waals surface area (Å²) in [5.41, 5.74) is 3.05. The quantitative estimate of drug-likeness (QED) is 0.345. The first-order chi connectivity index (χ1) is 15.0. The Hall–Kier alpha value is -2.81. The first-order valence-corrected chi connectivity index (χ1v) is 11.4. The highest BCUT2D eigenvalue weighted by molar-refractivity contribution is 7.99. The second kappa shape index (κ2) is 9.55. The van der Waals surface area contributed by atoms with E-state index in [-0.39, 0.29) is 16.7 Å². The number of aromatic nitrogens is 3. The molecule has 0 atom stereocenters. The van der Waals surface area contributed by atoms with Crippen molar-refractivity contribution in [3.63, 3.8) is 0 Å². The maximum atomic E-state index is 13.5. The zero-order valence-electron chi connectivity index (χ0n) is 16.3. The molecule has 4 aromatic rings. The third-order valence-electron chi connectivity index (χ3n) is 4.24. The Morgan fingerprint density at radius 1 is 1.13 bits per heavy atom. The van der Waals surface area contributed by atoms with Gasteiger partial charge in [-0.2, -0.15) is 0 Å². The molecule has 1 N–H and O–H groups in total. The summed E-state index contributed by atoms with van der Waals surface area (Å²) in [6.07, 6.45) is 0. The highest BCUT2D eigenvalue weighted by Gasteiger charge is 2.13. The van der Waals surface area contributed by atoms with Crippen LogP contribution in [0.25, 0.3) is 21.1 Å². The maximum Gasteiger partial charge on any atom is 0.234 e. The van der Waals surface area contributed by atoms with Gasteiger partial charge < -0.3 is 5.32 Å². The number of thioether (sulfide) groups is 1. The third kappa shape index (κ3) is 5.28. The second-order valence-electron chi connectivity index (χ2n) is 6.52. The van der Waals surface area contributed by atoms with Crippen molar-refractivity contribution >= 4 is 46.3 Å². The fourth-order valence-corrected chi connectivity index (χ4v) is 4.54. The molecule has 9 heteroatoms. The SMILES string of the molecule is Cc1nc(-c2ccccc2)sc1-c1ccc(SCC(=O)Nc2ccc(Cl)c(F)c2)nn1. The Morgan fingerprint density at radius 2 is 1.94 bits per heavy atom. The van der Waals surface area contributed by atoms with Gasteiger partial charge >= 0.3 is 0 Å². The van der Waals surface area contributed by atoms with Crippen molar-refractivity contribution in [2.45, 2.75) is 11.9 Å². The molecule has 2 aromatic heterocycles. The molecular weight excluding hydrogens is 455 g/mol. The molecule has 0 aliphatic rings. The van der Waals surface area contributed by atoms with E-state index in [9.17, 15) is 9.18 Å². The van der Waals surface area contributed by atoms with Crippen LogP contribution in [-0.2, 0) is 4.79 Å². The van der Waals surface area contributed by atoms with Crippen LogP contribution in [0.4, 0.5) is 10.1 Å². The number of thiazole rings is 1. The lowest BCUT2D eigenvalue weighted by Gasteiger charge is -2.05. The monoisotopic (exact) mass is 470 g/mol. The van der Waals surface area contributed by atoms with Crippen LogP contribution in [0.3, 0.4) is 0 Å². The Labute approximate surface area is 191 Å². The van der Waals surface area contributed by atoms with E-state index in [1.165, 1.54) is 23.9 Å². The molecule has 5 nitrogen and oxygen atoms in total. The van der Waals surface area contributed by atoms with Crippen LogP contribution < -0.4 is 5.32 Å². The van der Waals surface area contributed by atoms with Crippen LogP contribution >= 0.6 is 34.7 Å². The van der Waals surface area contributed by atoms with Gasteiger partial charge in [0.15, 0.2) is 0 Å². The van der Waals surface area contributed by atoms with E-state index in [4.69, 9.17) is 11.6 Å². The third-order valence-corrected chi connectivity index (χ3v) is 6.70. The minimum atomic E-state index is -0.581. The molecule has 156 valence electrons. The zero-order valence-corrected chi connectivity index (χ0v) is 18.7. The van der Waals surface area contributed by atoms with E-state index in [0.29, 0.717) is 10.7 Å². The number of hydrogen-bond donors (Lipinski definition) is 1. The Balaban J connectivity index is 1.39. The lowest BCUT2D eigenvalue weighted by Crippen LogP contribution is -2.14. The molecule has 0 fully saturated rings. The van der Waals surface area contributed by atoms with Gasteiger partial charge in [-0.05, 0) is 37.3 Å². The summed E-state index contributed by atoms with van der Waals surface area (Å²) in [4.78, 5) is 17.7. The van der Waals surface area contributed by atoms with Gasteiger partial charge in [0.1, 0.15) is 21.5 Å². The Morgan fingerprint density at radius 3 is 2.65 bits per heavy atom. The van der Waals surface area contributed by atoms with Crippen molar-refractivity contribution in [1.29, 1.82) is 0 Å². The molecule has 0 bridgehead atoms. The smallest absolute Gasteiger partial charge is 0.234 e. The van der Waals surface area contributed by atoms with E-state index in [1.54, 1.807) is 17.4 Å². The lowest BCUT2D eigenvalue weighted by atomic mass is 10.2. The van der Waals surface area contributed by atoms with Crippen molar-refractivity contribution in [2.75, 3.05) is 11.1 Å². The molecule has 0 saturated carbocycles. The highest BCUT2D eigenvalue weighted by atomic mass is 35.5. The minimum absolute atomic E-state index is 0.00908. The molecule has 0 unspecified atom stereocenters. The Bertz CT molecular complexity index is 1220. The number of carbonyl (C=O) groups is 1. The van der Waals surface area contributed by atoms with Crippen molar-refractivity contribution in [1.82, 2.24) is 15.2 Å². The number of nitrogens with one attached hydrogen (secondary N) is 1. The number of aryl methyl sites for hydroxylation is 1. The summed E-state index contributed by atoms with van der Waals surface area (Å²) in [6, 6.07) is 17.8. The molecule has 1 amide bonds. The van der Waals surface area contributed by atoms with Crippen LogP contribution in [0, 0.1) is 12.7 Å². The summed E-state index contributed by atoms with van der Waals surface area (Å²) < 4.78 is 13.5. The number of halogens is 2. The van der Waals surface area contributed by atoms with Gasteiger partial charge in [0, 0.05) is 11.3 Å². The van der Waals surface area contributed by atoms with Gasteiger partial charge in [0.05, 0.1) is 21.3 Å². The van der Waals surface area contributed by atoms with Crippen LogP contribution in [0.2, 0.25) is 5.02 Å². The number of hydrogen-bond acceptors (Lipinski definition) is 6. The molecule has 2 heterocycles. The van der Waals surface area contributed by atoms with Gasteiger partial charge in [0.2, 0.25) is 5.91 Å². The van der Waals surface area contributed by atoms with Crippen LogP contribution in [0.15, 0.2) is 65.7 Å². The van der Waals surface area contributed by atoms with E-state index in [1.807, 2.05) is 49.4 Å². The molecule has 0 aliphatic heterocycles. The predicted molar refractivity (Wildman–Crippen MR) is 124 cm³/mol. The topological polar surface area (TPSA) is 67.8 Å². The molecule has 4 rings (SSSR count). The van der Waals surface area contributed by atoms with Gasteiger partial charge in [-0.15, -0.1) is 21.5 Å².